The molecule has 0 aliphatic heterocycles. The Morgan fingerprint density at radius 2 is 2.10 bits per heavy atom. The minimum Gasteiger partial charge on any atom is -0.339 e. The number of nitrogens with zero attached hydrogens (tertiary/aromatic N) is 2. The van der Waals surface area contributed by atoms with E-state index in [0.717, 1.165) is 30.5 Å². The first-order chi connectivity index (χ1) is 10.1. The quantitative estimate of drug-likeness (QED) is 0.868. The fourth-order valence-electron chi connectivity index (χ4n) is 2.92. The zero-order valence-corrected chi connectivity index (χ0v) is 12.7. The zero-order chi connectivity index (χ0) is 14.9. The molecule has 1 saturated carbocycles. The van der Waals surface area contributed by atoms with Crippen LogP contribution in [0.1, 0.15) is 30.5 Å². The Morgan fingerprint density at radius 3 is 2.62 bits per heavy atom. The maximum Gasteiger partial charge on any atom is 0.233 e. The standard InChI is InChI=1S/C16H17FN2OS/c1-19(9-14-10-21-11-18-14)15(20)16(7-2-8-16)12-3-5-13(17)6-4-12/h3-6,10-11H,2,7-9H2,1H3. The van der Waals surface area contributed by atoms with Crippen molar-refractivity contribution in [3.8, 4) is 0 Å². The van der Waals surface area contributed by atoms with Gasteiger partial charge in [0.15, 0.2) is 0 Å². The number of hydrogen-bond donors (Lipinski definition) is 0. The molecule has 0 bridgehead atoms. The molecular weight excluding hydrogens is 287 g/mol. The van der Waals surface area contributed by atoms with E-state index in [9.17, 15) is 9.18 Å². The molecule has 0 saturated heterocycles. The number of aromatic nitrogens is 1. The molecule has 1 aromatic heterocycles. The Kier molecular flexibility index (Phi) is 3.76. The maximum absolute atomic E-state index is 13.1. The van der Waals surface area contributed by atoms with E-state index in [1.54, 1.807) is 22.5 Å². The minimum absolute atomic E-state index is 0.105. The first-order valence-corrected chi connectivity index (χ1v) is 7.95. The van der Waals surface area contributed by atoms with E-state index in [-0.39, 0.29) is 11.7 Å². The van der Waals surface area contributed by atoms with E-state index in [2.05, 4.69) is 4.98 Å². The molecular formula is C16H17FN2OS. The molecule has 0 radical (unpaired) electrons. The van der Waals surface area contributed by atoms with Gasteiger partial charge in [-0.1, -0.05) is 18.6 Å². The lowest BCUT2D eigenvalue weighted by molar-refractivity contribution is -0.140. The van der Waals surface area contributed by atoms with Gasteiger partial charge in [-0.05, 0) is 30.5 Å². The Morgan fingerprint density at radius 1 is 1.38 bits per heavy atom. The highest BCUT2D eigenvalue weighted by Gasteiger charge is 2.46. The van der Waals surface area contributed by atoms with Crippen molar-refractivity contribution < 1.29 is 9.18 Å². The van der Waals surface area contributed by atoms with E-state index < -0.39 is 5.41 Å². The van der Waals surface area contributed by atoms with Crippen LogP contribution in [0.25, 0.3) is 0 Å². The van der Waals surface area contributed by atoms with Crippen LogP contribution in [0.4, 0.5) is 4.39 Å². The van der Waals surface area contributed by atoms with Crippen LogP contribution in [0.5, 0.6) is 0 Å². The average Bonchev–Trinajstić information content (AvgIpc) is 2.92. The molecule has 2 aromatic rings. The molecule has 0 atom stereocenters. The van der Waals surface area contributed by atoms with Gasteiger partial charge in [0.1, 0.15) is 5.82 Å². The molecule has 0 spiro atoms. The molecule has 3 nitrogen and oxygen atoms in total. The average molecular weight is 304 g/mol. The molecule has 3 rings (SSSR count). The molecule has 1 aliphatic carbocycles. The Labute approximate surface area is 127 Å². The largest absolute Gasteiger partial charge is 0.339 e. The summed E-state index contributed by atoms with van der Waals surface area (Å²) in [4.78, 5) is 18.8. The molecule has 0 unspecified atom stereocenters. The van der Waals surface area contributed by atoms with Crippen LogP contribution in [0.3, 0.4) is 0 Å². The topological polar surface area (TPSA) is 33.2 Å². The Balaban J connectivity index is 1.81. The summed E-state index contributed by atoms with van der Waals surface area (Å²) in [7, 11) is 1.81. The number of benzene rings is 1. The summed E-state index contributed by atoms with van der Waals surface area (Å²) in [6.45, 7) is 0.519. The van der Waals surface area contributed by atoms with Crippen molar-refractivity contribution in [3.63, 3.8) is 0 Å². The predicted octanol–water partition coefficient (Wildman–Crippen LogP) is 3.36. The fourth-order valence-corrected chi connectivity index (χ4v) is 3.47. The third-order valence-corrected chi connectivity index (χ3v) is 4.88. The first kappa shape index (κ1) is 14.2. The summed E-state index contributed by atoms with van der Waals surface area (Å²) >= 11 is 1.53. The predicted molar refractivity (Wildman–Crippen MR) is 80.5 cm³/mol. The van der Waals surface area contributed by atoms with E-state index in [1.807, 2.05) is 12.4 Å². The van der Waals surface area contributed by atoms with Crippen LogP contribution in [0.15, 0.2) is 35.2 Å². The van der Waals surface area contributed by atoms with Crippen LogP contribution in [0, 0.1) is 5.82 Å². The van der Waals surface area contributed by atoms with Crippen LogP contribution in [0.2, 0.25) is 0 Å². The van der Waals surface area contributed by atoms with E-state index in [4.69, 9.17) is 0 Å². The molecule has 1 amide bonds. The van der Waals surface area contributed by atoms with Crippen molar-refractivity contribution in [2.75, 3.05) is 7.05 Å². The lowest BCUT2D eigenvalue weighted by Gasteiger charge is -2.43. The highest BCUT2D eigenvalue weighted by molar-refractivity contribution is 7.07. The smallest absolute Gasteiger partial charge is 0.233 e. The summed E-state index contributed by atoms with van der Waals surface area (Å²) in [5.41, 5.74) is 3.13. The van der Waals surface area contributed by atoms with Crippen molar-refractivity contribution in [1.29, 1.82) is 0 Å². The van der Waals surface area contributed by atoms with E-state index >= 15 is 0 Å². The van der Waals surface area contributed by atoms with Gasteiger partial charge in [0.2, 0.25) is 5.91 Å². The SMILES string of the molecule is CN(Cc1cscn1)C(=O)C1(c2ccc(F)cc2)CCC1. The van der Waals surface area contributed by atoms with Gasteiger partial charge in [-0.25, -0.2) is 9.37 Å². The normalized spacial score (nSPS) is 16.3. The molecule has 110 valence electrons. The fraction of sp³-hybridized carbons (Fsp3) is 0.375. The van der Waals surface area contributed by atoms with Crippen LogP contribution >= 0.6 is 11.3 Å². The number of likely N-dealkylation sites (N-methyl/N-ethyl adjacent to an activating group) is 1. The molecule has 5 heteroatoms. The summed E-state index contributed by atoms with van der Waals surface area (Å²) < 4.78 is 13.1. The first-order valence-electron chi connectivity index (χ1n) is 7.00. The molecule has 0 N–H and O–H groups in total. The lowest BCUT2D eigenvalue weighted by Crippen LogP contribution is -2.49. The number of halogens is 1. The number of amides is 1. The lowest BCUT2D eigenvalue weighted by atomic mass is 9.63. The van der Waals surface area contributed by atoms with Gasteiger partial charge in [0.25, 0.3) is 0 Å². The van der Waals surface area contributed by atoms with Gasteiger partial charge in [-0.2, -0.15) is 0 Å². The van der Waals surface area contributed by atoms with E-state index in [1.165, 1.54) is 23.5 Å². The number of hydrogen-bond acceptors (Lipinski definition) is 3. The van der Waals surface area contributed by atoms with Crippen LogP contribution in [-0.2, 0) is 16.8 Å². The van der Waals surface area contributed by atoms with Crippen molar-refractivity contribution in [1.82, 2.24) is 9.88 Å². The van der Waals surface area contributed by atoms with Gasteiger partial charge in [-0.15, -0.1) is 11.3 Å². The van der Waals surface area contributed by atoms with Crippen molar-refractivity contribution in [3.05, 3.63) is 52.2 Å². The van der Waals surface area contributed by atoms with Gasteiger partial charge in [0.05, 0.1) is 23.2 Å². The molecule has 21 heavy (non-hydrogen) atoms. The Hall–Kier alpha value is -1.75. The molecule has 1 heterocycles. The van der Waals surface area contributed by atoms with Crippen molar-refractivity contribution >= 4 is 17.2 Å². The summed E-state index contributed by atoms with van der Waals surface area (Å²) in [5, 5.41) is 1.95. The van der Waals surface area contributed by atoms with Gasteiger partial charge < -0.3 is 4.90 Å². The zero-order valence-electron chi connectivity index (χ0n) is 11.9. The molecule has 1 fully saturated rings. The third-order valence-electron chi connectivity index (χ3n) is 4.24. The van der Waals surface area contributed by atoms with Gasteiger partial charge in [0, 0.05) is 12.4 Å². The summed E-state index contributed by atoms with van der Waals surface area (Å²) in [5.74, 6) is -0.162. The summed E-state index contributed by atoms with van der Waals surface area (Å²) in [6, 6.07) is 6.35. The monoisotopic (exact) mass is 304 g/mol. The Bertz CT molecular complexity index is 620. The van der Waals surface area contributed by atoms with E-state index in [0.29, 0.717) is 6.54 Å². The number of rotatable bonds is 4. The van der Waals surface area contributed by atoms with Crippen LogP contribution in [-0.4, -0.2) is 22.8 Å². The van der Waals surface area contributed by atoms with Gasteiger partial charge in [-0.3, -0.25) is 4.79 Å². The maximum atomic E-state index is 13.1. The molecule has 1 aliphatic rings. The highest BCUT2D eigenvalue weighted by Crippen LogP contribution is 2.45. The van der Waals surface area contributed by atoms with Crippen LogP contribution < -0.4 is 0 Å². The minimum atomic E-state index is -0.474. The number of carbonyl (C=O) groups is 1. The second-order valence-electron chi connectivity index (χ2n) is 5.58. The third kappa shape index (κ3) is 2.58. The number of thiazole rings is 1. The summed E-state index contributed by atoms with van der Waals surface area (Å²) in [6.07, 6.45) is 2.70. The van der Waals surface area contributed by atoms with Gasteiger partial charge >= 0.3 is 0 Å². The molecule has 1 aromatic carbocycles. The number of carbonyl (C=O) groups excluding carboxylic acids is 1. The van der Waals surface area contributed by atoms with Crippen molar-refractivity contribution in [2.45, 2.75) is 31.2 Å². The second-order valence-corrected chi connectivity index (χ2v) is 6.30. The second kappa shape index (κ2) is 5.56. The van der Waals surface area contributed by atoms with Crippen molar-refractivity contribution in [2.24, 2.45) is 0 Å². The highest BCUT2D eigenvalue weighted by atomic mass is 32.1.